The number of aromatic nitrogens is 1. The van der Waals surface area contributed by atoms with Gasteiger partial charge in [-0.05, 0) is 32.0 Å². The molecule has 98 valence electrons. The minimum absolute atomic E-state index is 0.0406. The zero-order valence-electron chi connectivity index (χ0n) is 10.6. The van der Waals surface area contributed by atoms with Crippen molar-refractivity contribution < 1.29 is 9.53 Å². The van der Waals surface area contributed by atoms with Crippen molar-refractivity contribution in [3.8, 4) is 5.75 Å². The van der Waals surface area contributed by atoms with E-state index in [1.54, 1.807) is 24.5 Å². The lowest BCUT2D eigenvalue weighted by molar-refractivity contribution is -0.134. The third kappa shape index (κ3) is 3.43. The van der Waals surface area contributed by atoms with Crippen molar-refractivity contribution in [2.24, 2.45) is 0 Å². The molecule has 0 spiro atoms. The van der Waals surface area contributed by atoms with E-state index in [1.807, 2.05) is 11.9 Å². The molecule has 18 heavy (non-hydrogen) atoms. The van der Waals surface area contributed by atoms with Gasteiger partial charge in [0.25, 0.3) is 5.91 Å². The Balaban J connectivity index is 1.81. The van der Waals surface area contributed by atoms with Gasteiger partial charge in [-0.15, -0.1) is 0 Å². The maximum atomic E-state index is 12.0. The fraction of sp³-hybridized carbons (Fsp3) is 0.538. The van der Waals surface area contributed by atoms with Gasteiger partial charge in [-0.1, -0.05) is 0 Å². The summed E-state index contributed by atoms with van der Waals surface area (Å²) in [7, 11) is 1.94. The second-order valence-corrected chi connectivity index (χ2v) is 4.44. The minimum atomic E-state index is 0.0406. The molecule has 1 N–H and O–H groups in total. The van der Waals surface area contributed by atoms with E-state index < -0.39 is 0 Å². The highest BCUT2D eigenvalue weighted by atomic mass is 16.5. The van der Waals surface area contributed by atoms with Crippen LogP contribution in [-0.2, 0) is 4.79 Å². The lowest BCUT2D eigenvalue weighted by atomic mass is 10.1. The molecule has 0 radical (unpaired) electrons. The van der Waals surface area contributed by atoms with E-state index in [0.717, 1.165) is 25.9 Å². The van der Waals surface area contributed by atoms with E-state index in [1.165, 1.54) is 0 Å². The summed E-state index contributed by atoms with van der Waals surface area (Å²) in [5.74, 6) is 0.673. The van der Waals surface area contributed by atoms with Crippen molar-refractivity contribution in [3.63, 3.8) is 0 Å². The number of piperidine rings is 1. The first kappa shape index (κ1) is 12.8. The number of hydrogen-bond acceptors (Lipinski definition) is 4. The van der Waals surface area contributed by atoms with E-state index in [2.05, 4.69) is 10.3 Å². The number of hydrogen-bond donors (Lipinski definition) is 1. The Labute approximate surface area is 107 Å². The summed E-state index contributed by atoms with van der Waals surface area (Å²) in [5, 5.41) is 3.22. The molecule has 1 aromatic rings. The standard InChI is InChI=1S/C13H19N3O2/c1-14-11-4-3-7-16(9-11)13(17)10-18-12-5-2-6-15-8-12/h2,5-6,8,11,14H,3-4,7,9-10H2,1H3. The Kier molecular flexibility index (Phi) is 4.52. The second-order valence-electron chi connectivity index (χ2n) is 4.44. The van der Waals surface area contributed by atoms with Gasteiger partial charge < -0.3 is 15.0 Å². The lowest BCUT2D eigenvalue weighted by Crippen LogP contribution is -2.48. The SMILES string of the molecule is CNC1CCCN(C(=O)COc2cccnc2)C1. The van der Waals surface area contributed by atoms with Gasteiger partial charge in [0.2, 0.25) is 0 Å². The van der Waals surface area contributed by atoms with Crippen LogP contribution < -0.4 is 10.1 Å². The van der Waals surface area contributed by atoms with Crippen LogP contribution in [0.5, 0.6) is 5.75 Å². The molecule has 0 aliphatic carbocycles. The number of nitrogens with zero attached hydrogens (tertiary/aromatic N) is 2. The molecule has 1 aromatic heterocycles. The number of likely N-dealkylation sites (tertiary alicyclic amines) is 1. The molecule has 0 saturated carbocycles. The maximum absolute atomic E-state index is 12.0. The average molecular weight is 249 g/mol. The average Bonchev–Trinajstić information content (AvgIpc) is 2.46. The molecule has 0 aromatic carbocycles. The largest absolute Gasteiger partial charge is 0.482 e. The molecule has 1 aliphatic rings. The van der Waals surface area contributed by atoms with Crippen LogP contribution in [0.15, 0.2) is 24.5 Å². The summed E-state index contributed by atoms with van der Waals surface area (Å²) in [5.41, 5.74) is 0. The summed E-state index contributed by atoms with van der Waals surface area (Å²) in [6.45, 7) is 1.68. The summed E-state index contributed by atoms with van der Waals surface area (Å²) in [6, 6.07) is 3.99. The molecule has 1 fully saturated rings. The third-order valence-corrected chi connectivity index (χ3v) is 3.18. The molecule has 5 nitrogen and oxygen atoms in total. The first-order valence-corrected chi connectivity index (χ1v) is 6.27. The topological polar surface area (TPSA) is 54.5 Å². The molecule has 1 atom stereocenters. The number of ether oxygens (including phenoxy) is 1. The van der Waals surface area contributed by atoms with Crippen molar-refractivity contribution in [1.82, 2.24) is 15.2 Å². The molecule has 5 heteroatoms. The minimum Gasteiger partial charge on any atom is -0.482 e. The van der Waals surface area contributed by atoms with Gasteiger partial charge in [-0.25, -0.2) is 0 Å². The highest BCUT2D eigenvalue weighted by Crippen LogP contribution is 2.11. The summed E-state index contributed by atoms with van der Waals surface area (Å²) < 4.78 is 5.42. The summed E-state index contributed by atoms with van der Waals surface area (Å²) in [4.78, 5) is 17.8. The molecule has 2 rings (SSSR count). The van der Waals surface area contributed by atoms with Crippen LogP contribution in [0.2, 0.25) is 0 Å². The highest BCUT2D eigenvalue weighted by Gasteiger charge is 2.22. The van der Waals surface area contributed by atoms with Crippen LogP contribution in [0.25, 0.3) is 0 Å². The van der Waals surface area contributed by atoms with Crippen molar-refractivity contribution in [3.05, 3.63) is 24.5 Å². The van der Waals surface area contributed by atoms with E-state index in [0.29, 0.717) is 11.8 Å². The lowest BCUT2D eigenvalue weighted by Gasteiger charge is -2.32. The zero-order chi connectivity index (χ0) is 12.8. The Hall–Kier alpha value is -1.62. The smallest absolute Gasteiger partial charge is 0.260 e. The van der Waals surface area contributed by atoms with Gasteiger partial charge >= 0.3 is 0 Å². The molecule has 1 aliphatic heterocycles. The monoisotopic (exact) mass is 249 g/mol. The Morgan fingerprint density at radius 2 is 2.56 bits per heavy atom. The van der Waals surface area contributed by atoms with Gasteiger partial charge in [-0.2, -0.15) is 0 Å². The summed E-state index contributed by atoms with van der Waals surface area (Å²) >= 11 is 0. The molecule has 0 bridgehead atoms. The fourth-order valence-electron chi connectivity index (χ4n) is 2.11. The number of carbonyl (C=O) groups excluding carboxylic acids is 1. The Morgan fingerprint density at radius 3 is 3.28 bits per heavy atom. The Morgan fingerprint density at radius 1 is 1.67 bits per heavy atom. The van der Waals surface area contributed by atoms with E-state index in [4.69, 9.17) is 4.74 Å². The van der Waals surface area contributed by atoms with E-state index in [-0.39, 0.29) is 12.5 Å². The van der Waals surface area contributed by atoms with Crippen molar-refractivity contribution in [2.75, 3.05) is 26.7 Å². The predicted molar refractivity (Wildman–Crippen MR) is 68.4 cm³/mol. The highest BCUT2D eigenvalue weighted by molar-refractivity contribution is 5.77. The van der Waals surface area contributed by atoms with Crippen LogP contribution in [-0.4, -0.2) is 48.6 Å². The number of rotatable bonds is 4. The quantitative estimate of drug-likeness (QED) is 0.852. The Bertz CT molecular complexity index is 383. The van der Waals surface area contributed by atoms with Gasteiger partial charge in [0.15, 0.2) is 6.61 Å². The number of likely N-dealkylation sites (N-methyl/N-ethyl adjacent to an activating group) is 1. The molecule has 1 saturated heterocycles. The van der Waals surface area contributed by atoms with Crippen LogP contribution in [0, 0.1) is 0 Å². The van der Waals surface area contributed by atoms with Gasteiger partial charge in [0.05, 0.1) is 6.20 Å². The zero-order valence-corrected chi connectivity index (χ0v) is 10.6. The van der Waals surface area contributed by atoms with Crippen molar-refractivity contribution >= 4 is 5.91 Å². The fourth-order valence-corrected chi connectivity index (χ4v) is 2.11. The van der Waals surface area contributed by atoms with Gasteiger partial charge in [0.1, 0.15) is 5.75 Å². The van der Waals surface area contributed by atoms with Gasteiger partial charge in [0, 0.05) is 25.3 Å². The first-order chi connectivity index (χ1) is 8.79. The molecule has 1 amide bonds. The van der Waals surface area contributed by atoms with Crippen LogP contribution >= 0.6 is 0 Å². The molecule has 1 unspecified atom stereocenters. The van der Waals surface area contributed by atoms with Crippen molar-refractivity contribution in [1.29, 1.82) is 0 Å². The number of amides is 1. The predicted octanol–water partition coefficient (Wildman–Crippen LogP) is 0.671. The molecular weight excluding hydrogens is 230 g/mol. The first-order valence-electron chi connectivity index (χ1n) is 6.27. The normalized spacial score (nSPS) is 19.6. The van der Waals surface area contributed by atoms with Crippen LogP contribution in [0.4, 0.5) is 0 Å². The van der Waals surface area contributed by atoms with Crippen LogP contribution in [0.1, 0.15) is 12.8 Å². The maximum Gasteiger partial charge on any atom is 0.260 e. The second kappa shape index (κ2) is 6.35. The van der Waals surface area contributed by atoms with Crippen LogP contribution in [0.3, 0.4) is 0 Å². The third-order valence-electron chi connectivity index (χ3n) is 3.18. The molecule has 2 heterocycles. The van der Waals surface area contributed by atoms with E-state index in [9.17, 15) is 4.79 Å². The number of carbonyl (C=O) groups is 1. The number of pyridine rings is 1. The molecular formula is C13H19N3O2. The summed E-state index contributed by atoms with van der Waals surface area (Å²) in [6.07, 6.45) is 5.46. The number of nitrogens with one attached hydrogen (secondary N) is 1. The van der Waals surface area contributed by atoms with Crippen molar-refractivity contribution in [2.45, 2.75) is 18.9 Å². The van der Waals surface area contributed by atoms with E-state index >= 15 is 0 Å². The van der Waals surface area contributed by atoms with Gasteiger partial charge in [-0.3, -0.25) is 9.78 Å².